The molecule has 2 saturated heterocycles. The quantitative estimate of drug-likeness (QED) is 0.242. The highest BCUT2D eigenvalue weighted by Crippen LogP contribution is 2.46. The zero-order chi connectivity index (χ0) is 23.1. The summed E-state index contributed by atoms with van der Waals surface area (Å²) in [7, 11) is 3.28. The van der Waals surface area contributed by atoms with E-state index in [2.05, 4.69) is 20.9 Å². The summed E-state index contributed by atoms with van der Waals surface area (Å²) in [6, 6.07) is 2.38. The van der Waals surface area contributed by atoms with Gasteiger partial charge in [0, 0.05) is 31.9 Å². The van der Waals surface area contributed by atoms with Crippen LogP contribution >= 0.6 is 0 Å². The number of rotatable bonds is 6. The summed E-state index contributed by atoms with van der Waals surface area (Å²) in [6.45, 7) is 2.20. The van der Waals surface area contributed by atoms with Gasteiger partial charge in [0.25, 0.3) is 0 Å². The van der Waals surface area contributed by atoms with Crippen molar-refractivity contribution in [2.45, 2.75) is 80.2 Å². The molecule has 0 spiro atoms. The summed E-state index contributed by atoms with van der Waals surface area (Å²) in [5.74, 6) is -2.22. The number of hydrogen-bond donors (Lipinski definition) is 7. The first-order chi connectivity index (χ1) is 15.2. The summed E-state index contributed by atoms with van der Waals surface area (Å²) in [4.78, 5) is 4.07. The highest BCUT2D eigenvalue weighted by Gasteiger charge is 2.68. The molecule has 1 aliphatic carbocycles. The predicted molar refractivity (Wildman–Crippen MR) is 112 cm³/mol. The predicted octanol–water partition coefficient (Wildman–Crippen LogP) is -2.58. The standard InChI is InChI=1S/C21H34N4O7/c1-11-7-20(28,10-25-9-12-5-4-6-24-8-12)21(29)19(30-11)31-18-16(27)13(22-2)15(26)14(23-3)17(18)32-21/h4-6,8,11,13-19,22-23,25-29H,7,9-10H2,1-3H3. The van der Waals surface area contributed by atoms with E-state index in [-0.39, 0.29) is 13.0 Å². The van der Waals surface area contributed by atoms with E-state index in [4.69, 9.17) is 14.2 Å². The summed E-state index contributed by atoms with van der Waals surface area (Å²) in [6.07, 6.45) is -2.24. The summed E-state index contributed by atoms with van der Waals surface area (Å²) < 4.78 is 17.9. The van der Waals surface area contributed by atoms with Gasteiger partial charge >= 0.3 is 0 Å². The van der Waals surface area contributed by atoms with Crippen molar-refractivity contribution in [1.82, 2.24) is 20.9 Å². The van der Waals surface area contributed by atoms with Crippen molar-refractivity contribution in [3.63, 3.8) is 0 Å². The van der Waals surface area contributed by atoms with E-state index < -0.39 is 60.3 Å². The van der Waals surface area contributed by atoms with E-state index in [1.807, 2.05) is 12.1 Å². The molecule has 7 N–H and O–H groups in total. The van der Waals surface area contributed by atoms with Gasteiger partial charge < -0.3 is 50.6 Å². The Labute approximate surface area is 187 Å². The Bertz CT molecular complexity index is 776. The number of nitrogens with one attached hydrogen (secondary N) is 3. The fraction of sp³-hybridized carbons (Fsp3) is 0.762. The van der Waals surface area contributed by atoms with Crippen molar-refractivity contribution in [2.75, 3.05) is 20.6 Å². The van der Waals surface area contributed by atoms with Crippen LogP contribution in [-0.2, 0) is 20.8 Å². The molecule has 10 unspecified atom stereocenters. The third-order valence-corrected chi connectivity index (χ3v) is 6.82. The van der Waals surface area contributed by atoms with Crippen molar-refractivity contribution in [3.05, 3.63) is 30.1 Å². The molecule has 1 aromatic heterocycles. The third kappa shape index (κ3) is 3.96. The number of aliphatic hydroxyl groups is 4. The lowest BCUT2D eigenvalue weighted by Gasteiger charge is -2.60. The van der Waals surface area contributed by atoms with Crippen LogP contribution in [-0.4, -0.2) is 106 Å². The second kappa shape index (κ2) is 9.18. The Kier molecular flexibility index (Phi) is 6.86. The maximum Gasteiger partial charge on any atom is 0.249 e. The van der Waals surface area contributed by atoms with Crippen LogP contribution in [0.3, 0.4) is 0 Å². The lowest BCUT2D eigenvalue weighted by molar-refractivity contribution is -0.482. The number of nitrogens with zero attached hydrogens (tertiary/aromatic N) is 1. The van der Waals surface area contributed by atoms with Crippen molar-refractivity contribution < 1.29 is 34.6 Å². The van der Waals surface area contributed by atoms with Crippen LogP contribution in [0.1, 0.15) is 18.9 Å². The number of aliphatic hydroxyl groups excluding tert-OH is 2. The maximum absolute atomic E-state index is 11.6. The minimum absolute atomic E-state index is 0.00217. The highest BCUT2D eigenvalue weighted by molar-refractivity contribution is 5.13. The number of likely N-dealkylation sites (N-methyl/N-ethyl adjacent to an activating group) is 2. The monoisotopic (exact) mass is 454 g/mol. The molecule has 11 nitrogen and oxygen atoms in total. The smallest absolute Gasteiger partial charge is 0.249 e. The Morgan fingerprint density at radius 1 is 1.09 bits per heavy atom. The van der Waals surface area contributed by atoms with Gasteiger partial charge in [-0.2, -0.15) is 0 Å². The first-order valence-corrected chi connectivity index (χ1v) is 11.0. The average molecular weight is 455 g/mol. The lowest BCUT2D eigenvalue weighted by atomic mass is 9.77. The van der Waals surface area contributed by atoms with Crippen molar-refractivity contribution in [1.29, 1.82) is 0 Å². The largest absolute Gasteiger partial charge is 0.390 e. The van der Waals surface area contributed by atoms with E-state index in [0.29, 0.717) is 6.54 Å². The molecule has 3 heterocycles. The van der Waals surface area contributed by atoms with Gasteiger partial charge in [0.15, 0.2) is 0 Å². The molecule has 3 aliphatic rings. The summed E-state index contributed by atoms with van der Waals surface area (Å²) in [5.41, 5.74) is -0.830. The topological polar surface area (TPSA) is 158 Å². The molecular formula is C21H34N4O7. The number of fused-ring (bicyclic) bond motifs is 2. The van der Waals surface area contributed by atoms with E-state index >= 15 is 0 Å². The van der Waals surface area contributed by atoms with Gasteiger partial charge in [0.1, 0.15) is 23.9 Å². The van der Waals surface area contributed by atoms with Crippen LogP contribution in [0.2, 0.25) is 0 Å². The van der Waals surface area contributed by atoms with Crippen LogP contribution in [0.25, 0.3) is 0 Å². The number of pyridine rings is 1. The lowest BCUT2D eigenvalue weighted by Crippen LogP contribution is -2.81. The summed E-state index contributed by atoms with van der Waals surface area (Å²) >= 11 is 0. The second-order valence-electron chi connectivity index (χ2n) is 8.97. The second-order valence-corrected chi connectivity index (χ2v) is 8.97. The van der Waals surface area contributed by atoms with Gasteiger partial charge in [-0.15, -0.1) is 0 Å². The molecule has 0 aromatic carbocycles. The van der Waals surface area contributed by atoms with E-state index in [9.17, 15) is 20.4 Å². The molecule has 32 heavy (non-hydrogen) atoms. The molecule has 11 heteroatoms. The SMILES string of the molecule is CNC1C(O)C(NC)C2OC3(O)C(OC(C)CC3(O)CNCc3cccnc3)OC2C1O. The molecule has 10 atom stereocenters. The van der Waals surface area contributed by atoms with E-state index in [1.54, 1.807) is 33.4 Å². The summed E-state index contributed by atoms with van der Waals surface area (Å²) in [5, 5.41) is 53.8. The Balaban J connectivity index is 1.57. The molecule has 0 bridgehead atoms. The molecule has 3 fully saturated rings. The van der Waals surface area contributed by atoms with Gasteiger partial charge in [-0.1, -0.05) is 6.07 Å². The third-order valence-electron chi connectivity index (χ3n) is 6.82. The Morgan fingerprint density at radius 2 is 1.84 bits per heavy atom. The highest BCUT2D eigenvalue weighted by atomic mass is 16.8. The first kappa shape index (κ1) is 23.9. The van der Waals surface area contributed by atoms with Crippen molar-refractivity contribution >= 4 is 0 Å². The molecule has 180 valence electrons. The van der Waals surface area contributed by atoms with Crippen LogP contribution in [0.5, 0.6) is 0 Å². The van der Waals surface area contributed by atoms with Crippen molar-refractivity contribution in [3.8, 4) is 0 Å². The van der Waals surface area contributed by atoms with Crippen LogP contribution in [0, 0.1) is 0 Å². The molecule has 4 rings (SSSR count). The first-order valence-electron chi connectivity index (χ1n) is 11.0. The van der Waals surface area contributed by atoms with E-state index in [0.717, 1.165) is 5.56 Å². The minimum atomic E-state index is -2.22. The Hall–Kier alpha value is -1.25. The maximum atomic E-state index is 11.6. The van der Waals surface area contributed by atoms with Gasteiger partial charge in [-0.05, 0) is 32.6 Å². The molecule has 1 aromatic rings. The van der Waals surface area contributed by atoms with Gasteiger partial charge in [-0.3, -0.25) is 4.98 Å². The normalized spacial score (nSPS) is 46.3. The number of ether oxygens (including phenoxy) is 3. The molecule has 0 amide bonds. The zero-order valence-corrected chi connectivity index (χ0v) is 18.5. The molecule has 1 saturated carbocycles. The number of hydrogen-bond acceptors (Lipinski definition) is 11. The number of aromatic nitrogens is 1. The zero-order valence-electron chi connectivity index (χ0n) is 18.5. The van der Waals surface area contributed by atoms with E-state index in [1.165, 1.54) is 0 Å². The van der Waals surface area contributed by atoms with Crippen LogP contribution < -0.4 is 16.0 Å². The van der Waals surface area contributed by atoms with Crippen molar-refractivity contribution in [2.24, 2.45) is 0 Å². The molecule has 0 radical (unpaired) electrons. The van der Waals surface area contributed by atoms with Crippen LogP contribution in [0.4, 0.5) is 0 Å². The van der Waals surface area contributed by atoms with Crippen LogP contribution in [0.15, 0.2) is 24.5 Å². The fourth-order valence-corrected chi connectivity index (χ4v) is 5.14. The minimum Gasteiger partial charge on any atom is -0.390 e. The van der Waals surface area contributed by atoms with Gasteiger partial charge in [0.2, 0.25) is 12.1 Å². The van der Waals surface area contributed by atoms with Gasteiger partial charge in [0.05, 0.1) is 24.3 Å². The average Bonchev–Trinajstić information content (AvgIpc) is 2.75. The van der Waals surface area contributed by atoms with Gasteiger partial charge in [-0.25, -0.2) is 0 Å². The fourth-order valence-electron chi connectivity index (χ4n) is 5.14. The Morgan fingerprint density at radius 3 is 2.50 bits per heavy atom. The molecule has 2 aliphatic heterocycles. The molecular weight excluding hydrogens is 420 g/mol.